The lowest BCUT2D eigenvalue weighted by atomic mass is 10.1. The van der Waals surface area contributed by atoms with Gasteiger partial charge in [-0.15, -0.1) is 0 Å². The van der Waals surface area contributed by atoms with Crippen LogP contribution < -0.4 is 14.2 Å². The first-order chi connectivity index (χ1) is 15.2. The van der Waals surface area contributed by atoms with Crippen molar-refractivity contribution >= 4 is 15.9 Å². The molecule has 0 atom stereocenters. The van der Waals surface area contributed by atoms with Gasteiger partial charge in [0.2, 0.25) is 10.0 Å². The molecule has 1 amide bonds. The van der Waals surface area contributed by atoms with Crippen molar-refractivity contribution in [3.05, 3.63) is 53.8 Å². The highest BCUT2D eigenvalue weighted by Crippen LogP contribution is 2.29. The Bertz CT molecular complexity index is 1050. The number of carbonyl (C=O) groups is 1. The predicted molar refractivity (Wildman–Crippen MR) is 119 cm³/mol. The minimum atomic E-state index is -3.83. The van der Waals surface area contributed by atoms with E-state index in [0.29, 0.717) is 44.0 Å². The van der Waals surface area contributed by atoms with E-state index < -0.39 is 21.7 Å². The number of nitrogens with zero attached hydrogens (tertiary/aromatic N) is 1. The fraction of sp³-hybridized carbons (Fsp3) is 0.435. The largest absolute Gasteiger partial charge is 0.490 e. The maximum absolute atomic E-state index is 14.4. The van der Waals surface area contributed by atoms with Crippen molar-refractivity contribution < 1.29 is 27.1 Å². The molecule has 32 heavy (non-hydrogen) atoms. The van der Waals surface area contributed by atoms with Gasteiger partial charge in [0, 0.05) is 32.0 Å². The minimum absolute atomic E-state index is 0.104. The minimum Gasteiger partial charge on any atom is -0.490 e. The Morgan fingerprint density at radius 3 is 2.44 bits per heavy atom. The predicted octanol–water partition coefficient (Wildman–Crippen LogP) is 3.59. The molecule has 0 unspecified atom stereocenters. The van der Waals surface area contributed by atoms with E-state index in [9.17, 15) is 17.6 Å². The molecule has 0 bridgehead atoms. The summed E-state index contributed by atoms with van der Waals surface area (Å²) in [6, 6.07) is 10.4. The molecular formula is C23H29FN2O5S. The Morgan fingerprint density at radius 2 is 1.81 bits per heavy atom. The van der Waals surface area contributed by atoms with Crippen LogP contribution >= 0.6 is 0 Å². The van der Waals surface area contributed by atoms with Crippen LogP contribution in [0.3, 0.4) is 0 Å². The maximum atomic E-state index is 14.4. The monoisotopic (exact) mass is 464 g/mol. The molecule has 174 valence electrons. The summed E-state index contributed by atoms with van der Waals surface area (Å²) in [5.74, 6) is 0.0455. The lowest BCUT2D eigenvalue weighted by Gasteiger charge is -2.32. The molecule has 1 aliphatic heterocycles. The zero-order valence-electron chi connectivity index (χ0n) is 18.5. The number of rotatable bonds is 8. The van der Waals surface area contributed by atoms with Gasteiger partial charge in [-0.3, -0.25) is 4.79 Å². The molecule has 7 nitrogen and oxygen atoms in total. The average Bonchev–Trinajstić information content (AvgIpc) is 2.75. The van der Waals surface area contributed by atoms with Gasteiger partial charge < -0.3 is 14.4 Å². The molecule has 0 aliphatic carbocycles. The first kappa shape index (κ1) is 24.0. The molecule has 1 fully saturated rings. The van der Waals surface area contributed by atoms with E-state index in [0.717, 1.165) is 18.2 Å². The highest BCUT2D eigenvalue weighted by atomic mass is 32.2. The van der Waals surface area contributed by atoms with Gasteiger partial charge in [-0.1, -0.05) is 12.1 Å². The topological polar surface area (TPSA) is 84.9 Å². The summed E-state index contributed by atoms with van der Waals surface area (Å²) in [6.07, 6.45) is 1.04. The highest BCUT2D eigenvalue weighted by molar-refractivity contribution is 7.89. The van der Waals surface area contributed by atoms with E-state index >= 15 is 0 Å². The van der Waals surface area contributed by atoms with E-state index in [1.165, 1.54) is 4.90 Å². The number of benzene rings is 2. The van der Waals surface area contributed by atoms with Crippen molar-refractivity contribution in [1.82, 2.24) is 9.62 Å². The van der Waals surface area contributed by atoms with Crippen molar-refractivity contribution in [3.8, 4) is 11.5 Å². The number of likely N-dealkylation sites (tertiary alicyclic amines) is 1. The van der Waals surface area contributed by atoms with Gasteiger partial charge in [0.25, 0.3) is 5.91 Å². The molecule has 1 heterocycles. The summed E-state index contributed by atoms with van der Waals surface area (Å²) in [4.78, 5) is 14.3. The average molecular weight is 465 g/mol. The molecule has 1 aliphatic rings. The molecule has 0 saturated carbocycles. The molecule has 0 aromatic heterocycles. The molecule has 2 aromatic carbocycles. The van der Waals surface area contributed by atoms with Crippen LogP contribution in [0.15, 0.2) is 47.4 Å². The number of carbonyl (C=O) groups excluding carboxylic acids is 1. The number of amides is 1. The van der Waals surface area contributed by atoms with Crippen molar-refractivity contribution in [2.45, 2.75) is 50.7 Å². The third kappa shape index (κ3) is 5.77. The number of sulfonamides is 1. The van der Waals surface area contributed by atoms with Crippen LogP contribution in [0.2, 0.25) is 0 Å². The van der Waals surface area contributed by atoms with Gasteiger partial charge >= 0.3 is 0 Å². The summed E-state index contributed by atoms with van der Waals surface area (Å²) in [6.45, 7) is 6.56. The smallest absolute Gasteiger partial charge is 0.256 e. The van der Waals surface area contributed by atoms with Crippen LogP contribution in [0.4, 0.5) is 4.39 Å². The SMILES string of the molecule is CCOc1ccccc1OC1CCN(C(=O)c2cc(S(=O)(=O)NC(C)C)ccc2F)CC1. The molecule has 1 saturated heterocycles. The lowest BCUT2D eigenvalue weighted by molar-refractivity contribution is 0.0585. The van der Waals surface area contributed by atoms with Gasteiger partial charge in [-0.2, -0.15) is 0 Å². The number of piperidine rings is 1. The molecule has 0 radical (unpaired) electrons. The summed E-state index contributed by atoms with van der Waals surface area (Å²) < 4.78 is 53.3. The maximum Gasteiger partial charge on any atom is 0.256 e. The van der Waals surface area contributed by atoms with Crippen molar-refractivity contribution in [3.63, 3.8) is 0 Å². The zero-order chi connectivity index (χ0) is 23.3. The third-order valence-corrected chi connectivity index (χ3v) is 6.70. The van der Waals surface area contributed by atoms with E-state index in [4.69, 9.17) is 9.47 Å². The second kappa shape index (κ2) is 10.3. The molecule has 2 aromatic rings. The van der Waals surface area contributed by atoms with Crippen molar-refractivity contribution in [1.29, 1.82) is 0 Å². The molecule has 0 spiro atoms. The fourth-order valence-corrected chi connectivity index (χ4v) is 4.84. The Labute approximate surface area is 188 Å². The molecule has 3 rings (SSSR count). The number of nitrogens with one attached hydrogen (secondary N) is 1. The summed E-state index contributed by atoms with van der Waals surface area (Å²) in [5.41, 5.74) is -0.252. The number of para-hydroxylation sites is 2. The van der Waals surface area contributed by atoms with E-state index in [1.54, 1.807) is 13.8 Å². The van der Waals surface area contributed by atoms with Crippen LogP contribution in [-0.4, -0.2) is 51.1 Å². The molecule has 1 N–H and O–H groups in total. The van der Waals surface area contributed by atoms with Gasteiger partial charge in [0.05, 0.1) is 17.1 Å². The lowest BCUT2D eigenvalue weighted by Crippen LogP contribution is -2.42. The van der Waals surface area contributed by atoms with Gasteiger partial charge in [0.1, 0.15) is 11.9 Å². The molecular weight excluding hydrogens is 435 g/mol. The summed E-state index contributed by atoms with van der Waals surface area (Å²) in [5, 5.41) is 0. The Morgan fingerprint density at radius 1 is 1.16 bits per heavy atom. The van der Waals surface area contributed by atoms with Crippen molar-refractivity contribution in [2.75, 3.05) is 19.7 Å². The Hall–Kier alpha value is -2.65. The van der Waals surface area contributed by atoms with Crippen LogP contribution in [0, 0.1) is 5.82 Å². The first-order valence-corrected chi connectivity index (χ1v) is 12.2. The summed E-state index contributed by atoms with van der Waals surface area (Å²) in [7, 11) is -3.83. The van der Waals surface area contributed by atoms with Crippen molar-refractivity contribution in [2.24, 2.45) is 0 Å². The van der Waals surface area contributed by atoms with Crippen LogP contribution in [0.1, 0.15) is 44.0 Å². The highest BCUT2D eigenvalue weighted by Gasteiger charge is 2.28. The number of hydrogen-bond donors (Lipinski definition) is 1. The van der Waals surface area contributed by atoms with Gasteiger partial charge in [-0.05, 0) is 51.1 Å². The van der Waals surface area contributed by atoms with E-state index in [2.05, 4.69) is 4.72 Å². The Kier molecular flexibility index (Phi) is 7.73. The van der Waals surface area contributed by atoms with E-state index in [-0.39, 0.29) is 22.6 Å². The number of ether oxygens (including phenoxy) is 2. The normalized spacial score (nSPS) is 15.1. The fourth-order valence-electron chi connectivity index (χ4n) is 3.56. The van der Waals surface area contributed by atoms with Gasteiger partial charge in [-0.25, -0.2) is 17.5 Å². The second-order valence-corrected chi connectivity index (χ2v) is 9.62. The standard InChI is InChI=1S/C23H29FN2O5S/c1-4-30-21-7-5-6-8-22(21)31-17-11-13-26(14-12-17)23(27)19-15-18(9-10-20(19)24)32(28,29)25-16(2)3/h5-10,15-17,25H,4,11-14H2,1-3H3. The quantitative estimate of drug-likeness (QED) is 0.645. The number of hydrogen-bond acceptors (Lipinski definition) is 5. The Balaban J connectivity index is 1.68. The van der Waals surface area contributed by atoms with Crippen LogP contribution in [-0.2, 0) is 10.0 Å². The zero-order valence-corrected chi connectivity index (χ0v) is 19.3. The van der Waals surface area contributed by atoms with Crippen LogP contribution in [0.25, 0.3) is 0 Å². The van der Waals surface area contributed by atoms with Gasteiger partial charge in [0.15, 0.2) is 11.5 Å². The number of halogens is 1. The third-order valence-electron chi connectivity index (χ3n) is 5.04. The molecule has 9 heteroatoms. The summed E-state index contributed by atoms with van der Waals surface area (Å²) >= 11 is 0. The van der Waals surface area contributed by atoms with Crippen LogP contribution in [0.5, 0.6) is 11.5 Å². The second-order valence-electron chi connectivity index (χ2n) is 7.91. The van der Waals surface area contributed by atoms with E-state index in [1.807, 2.05) is 31.2 Å². The first-order valence-electron chi connectivity index (χ1n) is 10.7.